The van der Waals surface area contributed by atoms with E-state index in [0.717, 1.165) is 4.90 Å². The SMILES string of the molecule is CC1(C)COC(=O)N1.CNC(=O)N(C)C(N)=O.Cc1cc(=O)[nH]c(=O)[nH]1.NCN(C(=O)NC(N)=O)c1ccccc1.O=C1N=CC=N1. The van der Waals surface area contributed by atoms with Crippen LogP contribution < -0.4 is 49.3 Å². The minimum Gasteiger partial charge on any atom is -0.447 e. The number of anilines is 1. The summed E-state index contributed by atoms with van der Waals surface area (Å²) >= 11 is 0. The molecule has 3 heterocycles. The van der Waals surface area contributed by atoms with Gasteiger partial charge in [-0.3, -0.25) is 20.0 Å². The number of aliphatic imine (C=N–C) groups is 2. The quantitative estimate of drug-likeness (QED) is 0.194. The predicted octanol–water partition coefficient (Wildman–Crippen LogP) is -0.328. The summed E-state index contributed by atoms with van der Waals surface area (Å²) in [6.07, 6.45) is 2.42. The molecule has 256 valence electrons. The molecule has 1 saturated heterocycles. The second-order valence-electron chi connectivity index (χ2n) is 9.39. The largest absolute Gasteiger partial charge is 0.447 e. The summed E-state index contributed by atoms with van der Waals surface area (Å²) in [4.78, 5) is 96.5. The second-order valence-corrected chi connectivity index (χ2v) is 9.39. The Balaban J connectivity index is 0.000000583. The van der Waals surface area contributed by atoms with E-state index in [4.69, 9.17) is 17.2 Å². The van der Waals surface area contributed by atoms with Gasteiger partial charge in [0.15, 0.2) is 0 Å². The number of primary amides is 2. The number of aromatic amines is 2. The normalized spacial score (nSPS) is 12.7. The number of H-pyrrole nitrogens is 2. The topological polar surface area (TPSA) is 323 Å². The number of aromatic nitrogens is 2. The van der Waals surface area contributed by atoms with Crippen LogP contribution in [-0.4, -0.2) is 96.5 Å². The summed E-state index contributed by atoms with van der Waals surface area (Å²) in [6, 6.07) is 6.81. The molecule has 1 fully saturated rings. The molecule has 21 nitrogen and oxygen atoms in total. The maximum Gasteiger partial charge on any atom is 0.407 e. The molecule has 11 amide bonds. The van der Waals surface area contributed by atoms with E-state index in [1.807, 2.05) is 30.2 Å². The Morgan fingerprint density at radius 3 is 1.85 bits per heavy atom. The Hall–Kier alpha value is -6.38. The average Bonchev–Trinajstić information content (AvgIpc) is 3.59. The van der Waals surface area contributed by atoms with Crippen molar-refractivity contribution < 1.29 is 33.5 Å². The molecule has 47 heavy (non-hydrogen) atoms. The van der Waals surface area contributed by atoms with Crippen molar-refractivity contribution in [2.45, 2.75) is 26.3 Å². The number of imide groups is 2. The van der Waals surface area contributed by atoms with E-state index in [9.17, 15) is 38.4 Å². The van der Waals surface area contributed by atoms with Gasteiger partial charge >= 0.3 is 41.9 Å². The first-order valence-corrected chi connectivity index (χ1v) is 13.2. The molecule has 0 saturated carbocycles. The van der Waals surface area contributed by atoms with Crippen LogP contribution in [0.4, 0.5) is 34.5 Å². The zero-order valence-electron chi connectivity index (χ0n) is 26.2. The number of alkyl carbamates (subject to hydrolysis) is 1. The van der Waals surface area contributed by atoms with Crippen LogP contribution in [0.5, 0.6) is 0 Å². The number of carbonyl (C=O) groups is 6. The van der Waals surface area contributed by atoms with Crippen molar-refractivity contribution in [3.63, 3.8) is 0 Å². The maximum absolute atomic E-state index is 11.4. The number of aryl methyl sites for hydroxylation is 1. The fraction of sp³-hybridized carbons (Fsp3) is 0.308. The smallest absolute Gasteiger partial charge is 0.407 e. The van der Waals surface area contributed by atoms with E-state index < -0.39 is 35.8 Å². The first-order chi connectivity index (χ1) is 21.9. The summed E-state index contributed by atoms with van der Waals surface area (Å²) in [5.41, 5.74) is 15.1. The maximum atomic E-state index is 11.4. The molecule has 21 heteroatoms. The Labute approximate surface area is 267 Å². The van der Waals surface area contributed by atoms with Crippen molar-refractivity contribution in [2.75, 3.05) is 32.3 Å². The number of ether oxygens (including phenoxy) is 1. The van der Waals surface area contributed by atoms with Gasteiger partial charge in [0.1, 0.15) is 6.61 Å². The number of cyclic esters (lactones) is 1. The van der Waals surface area contributed by atoms with Gasteiger partial charge in [0.05, 0.1) is 24.6 Å². The molecular weight excluding hydrogens is 624 g/mol. The van der Waals surface area contributed by atoms with Crippen LogP contribution in [0.3, 0.4) is 0 Å². The predicted molar refractivity (Wildman–Crippen MR) is 171 cm³/mol. The van der Waals surface area contributed by atoms with E-state index >= 15 is 0 Å². The molecule has 1 aromatic carbocycles. The number of urea groups is 5. The number of rotatable bonds is 2. The van der Waals surface area contributed by atoms with Crippen LogP contribution >= 0.6 is 0 Å². The number of nitrogens with one attached hydrogen (secondary N) is 5. The summed E-state index contributed by atoms with van der Waals surface area (Å²) in [6.45, 7) is 5.92. The molecule has 2 aliphatic heterocycles. The first-order valence-electron chi connectivity index (χ1n) is 13.2. The summed E-state index contributed by atoms with van der Waals surface area (Å²) < 4.78 is 4.62. The van der Waals surface area contributed by atoms with Gasteiger partial charge in [0.2, 0.25) is 0 Å². The van der Waals surface area contributed by atoms with Crippen molar-refractivity contribution >= 4 is 54.4 Å². The Morgan fingerprint density at radius 1 is 0.979 bits per heavy atom. The summed E-state index contributed by atoms with van der Waals surface area (Å²) in [7, 11) is 2.71. The van der Waals surface area contributed by atoms with Gasteiger partial charge in [0.25, 0.3) is 5.56 Å². The summed E-state index contributed by atoms with van der Waals surface area (Å²) in [5, 5.41) is 6.80. The Bertz CT molecular complexity index is 1510. The number of amides is 11. The highest BCUT2D eigenvalue weighted by atomic mass is 16.6. The highest BCUT2D eigenvalue weighted by Gasteiger charge is 2.29. The van der Waals surface area contributed by atoms with E-state index in [1.165, 1.54) is 37.5 Å². The van der Waals surface area contributed by atoms with Gasteiger partial charge in [-0.1, -0.05) is 18.2 Å². The van der Waals surface area contributed by atoms with Crippen molar-refractivity contribution in [2.24, 2.45) is 27.2 Å². The second kappa shape index (κ2) is 20.6. The Kier molecular flexibility index (Phi) is 17.8. The van der Waals surface area contributed by atoms with Crippen molar-refractivity contribution in [3.05, 3.63) is 62.9 Å². The molecule has 11 N–H and O–H groups in total. The van der Waals surface area contributed by atoms with E-state index in [1.54, 1.807) is 31.2 Å². The number of para-hydroxylation sites is 1. The third kappa shape index (κ3) is 18.1. The van der Waals surface area contributed by atoms with Crippen LogP contribution in [0.15, 0.2) is 56.0 Å². The van der Waals surface area contributed by atoms with E-state index in [0.29, 0.717) is 18.0 Å². The fourth-order valence-electron chi connectivity index (χ4n) is 2.77. The number of nitrogens with two attached hydrogens (primary N) is 3. The molecule has 2 aromatic rings. The third-order valence-electron chi connectivity index (χ3n) is 4.91. The molecule has 0 unspecified atom stereocenters. The minimum absolute atomic E-state index is 0.0386. The molecule has 0 radical (unpaired) electrons. The van der Waals surface area contributed by atoms with Gasteiger partial charge in [-0.2, -0.15) is 9.98 Å². The molecule has 1 aromatic heterocycles. The number of hydrogen-bond donors (Lipinski definition) is 8. The van der Waals surface area contributed by atoms with Crippen LogP contribution in [0.25, 0.3) is 0 Å². The molecule has 0 spiro atoms. The van der Waals surface area contributed by atoms with E-state index in [-0.39, 0.29) is 23.9 Å². The van der Waals surface area contributed by atoms with Gasteiger partial charge < -0.3 is 37.6 Å². The lowest BCUT2D eigenvalue weighted by Gasteiger charge is -2.19. The molecule has 0 bridgehead atoms. The van der Waals surface area contributed by atoms with Gasteiger partial charge in [-0.15, -0.1) is 0 Å². The molecule has 0 atom stereocenters. The average molecular weight is 663 g/mol. The van der Waals surface area contributed by atoms with Crippen LogP contribution in [0.1, 0.15) is 19.5 Å². The lowest BCUT2D eigenvalue weighted by atomic mass is 10.1. The lowest BCUT2D eigenvalue weighted by Crippen LogP contribution is -2.47. The third-order valence-corrected chi connectivity index (χ3v) is 4.91. The van der Waals surface area contributed by atoms with Gasteiger partial charge in [0, 0.05) is 31.5 Å². The zero-order chi connectivity index (χ0) is 36.2. The van der Waals surface area contributed by atoms with Crippen molar-refractivity contribution in [1.82, 2.24) is 30.8 Å². The number of benzene rings is 1. The lowest BCUT2D eigenvalue weighted by molar-refractivity contribution is 0.174. The van der Waals surface area contributed by atoms with Gasteiger partial charge in [-0.25, -0.2) is 38.5 Å². The monoisotopic (exact) mass is 662 g/mol. The molecule has 4 rings (SSSR count). The van der Waals surface area contributed by atoms with Crippen LogP contribution in [0, 0.1) is 6.92 Å². The number of hydrogen-bond acceptors (Lipinski definition) is 10. The highest BCUT2D eigenvalue weighted by molar-refractivity contribution is 6.25. The molecule has 2 aliphatic rings. The molecule has 0 aliphatic carbocycles. The highest BCUT2D eigenvalue weighted by Crippen LogP contribution is 2.11. The van der Waals surface area contributed by atoms with Gasteiger partial charge in [-0.05, 0) is 32.9 Å². The van der Waals surface area contributed by atoms with Crippen LogP contribution in [-0.2, 0) is 4.74 Å². The fourth-order valence-corrected chi connectivity index (χ4v) is 2.77. The van der Waals surface area contributed by atoms with Crippen molar-refractivity contribution in [1.29, 1.82) is 0 Å². The Morgan fingerprint density at radius 2 is 1.55 bits per heavy atom. The summed E-state index contributed by atoms with van der Waals surface area (Å²) in [5.74, 6) is 0. The molecular formula is C26H38N12O9. The number of carbonyl (C=O) groups excluding carboxylic acids is 6. The van der Waals surface area contributed by atoms with Crippen molar-refractivity contribution in [3.8, 4) is 0 Å². The first kappa shape index (κ1) is 40.6. The van der Waals surface area contributed by atoms with E-state index in [2.05, 4.69) is 30.3 Å². The minimum atomic E-state index is -0.908. The zero-order valence-corrected chi connectivity index (χ0v) is 26.2. The number of nitrogens with zero attached hydrogens (tertiary/aromatic N) is 4. The van der Waals surface area contributed by atoms with Crippen LogP contribution in [0.2, 0.25) is 0 Å². The standard InChI is InChI=1S/C9H12N4O2.C5H6N2O2.C5H9NO2.C4H9N3O2.C3H2N2O/c10-6-13(9(15)12-8(11)14)7-4-2-1-3-5-7;1-3-2-4(8)7-5(9)6-3;1-5(2)3-8-4(7)6-5;1-6-4(9)7(2)3(5)8;6-3-4-1-2-5-3/h1-5H,6,10H2,(H3,11,12,14,15);2H,1H3,(H2,6,7,8,9);3H2,1-2H3,(H,6,7);1-2H3,(H2,5,8)(H,6,9);1-2H.